The molecule has 3 nitrogen and oxygen atoms in total. The van der Waals surface area contributed by atoms with E-state index in [1.54, 1.807) is 6.21 Å². The van der Waals surface area contributed by atoms with Gasteiger partial charge in [0.25, 0.3) is 0 Å². The highest BCUT2D eigenvalue weighted by atomic mass is 79.9. The SMILES string of the molecule is [B]c1cc(/C=N\NC(=O)CCc2ccc3cc4ccccc4cc3c2)cc(Br)c1C. The third-order valence-corrected chi connectivity index (χ3v) is 6.04. The number of rotatable bonds is 5. The van der Waals surface area contributed by atoms with Crippen molar-refractivity contribution in [3.05, 3.63) is 87.9 Å². The summed E-state index contributed by atoms with van der Waals surface area (Å²) < 4.78 is 0.916. The Kier molecular flexibility index (Phi) is 6.00. The predicted molar refractivity (Wildman–Crippen MR) is 130 cm³/mol. The standard InChI is InChI=1S/C25H20BBrN2O/c1-16-23(26)11-18(12-24(16)27)15-28-29-25(30)9-7-17-6-8-21-13-19-4-2-3-5-20(19)14-22(21)10-17/h2-6,8,10-15H,7,9H2,1H3,(H,29,30)/b28-15-. The van der Waals surface area contributed by atoms with Crippen LogP contribution >= 0.6 is 15.9 Å². The minimum Gasteiger partial charge on any atom is -0.273 e. The minimum atomic E-state index is -0.121. The van der Waals surface area contributed by atoms with Crippen LogP contribution in [0, 0.1) is 6.92 Å². The molecule has 4 aromatic carbocycles. The number of fused-ring (bicyclic) bond motifs is 2. The molecule has 1 amide bonds. The van der Waals surface area contributed by atoms with Crippen LogP contribution in [0.4, 0.5) is 0 Å². The number of nitrogens with one attached hydrogen (secondary N) is 1. The van der Waals surface area contributed by atoms with Crippen molar-refractivity contribution in [1.82, 2.24) is 5.43 Å². The summed E-state index contributed by atoms with van der Waals surface area (Å²) in [6.07, 6.45) is 2.63. The monoisotopic (exact) mass is 454 g/mol. The van der Waals surface area contributed by atoms with E-state index < -0.39 is 0 Å². The Morgan fingerprint density at radius 2 is 1.70 bits per heavy atom. The molecular weight excluding hydrogens is 435 g/mol. The van der Waals surface area contributed by atoms with E-state index in [0.717, 1.165) is 21.2 Å². The molecule has 0 heterocycles. The topological polar surface area (TPSA) is 41.5 Å². The maximum Gasteiger partial charge on any atom is 0.240 e. The van der Waals surface area contributed by atoms with Crippen LogP contribution in [0.25, 0.3) is 21.5 Å². The van der Waals surface area contributed by atoms with Crippen molar-refractivity contribution in [3.8, 4) is 0 Å². The smallest absolute Gasteiger partial charge is 0.240 e. The van der Waals surface area contributed by atoms with Gasteiger partial charge >= 0.3 is 0 Å². The van der Waals surface area contributed by atoms with E-state index in [0.29, 0.717) is 18.3 Å². The first-order valence-corrected chi connectivity index (χ1v) is 10.6. The molecule has 0 atom stereocenters. The molecule has 0 aliphatic rings. The molecule has 2 radical (unpaired) electrons. The Labute approximate surface area is 185 Å². The Bertz CT molecular complexity index is 1260. The van der Waals surface area contributed by atoms with Gasteiger partial charge < -0.3 is 0 Å². The molecule has 0 bridgehead atoms. The highest BCUT2D eigenvalue weighted by Gasteiger charge is 2.04. The highest BCUT2D eigenvalue weighted by Crippen LogP contribution is 2.24. The van der Waals surface area contributed by atoms with Crippen molar-refractivity contribution < 1.29 is 4.79 Å². The molecule has 0 unspecified atom stereocenters. The summed E-state index contributed by atoms with van der Waals surface area (Å²) >= 11 is 3.47. The predicted octanol–water partition coefficient (Wildman–Crippen LogP) is 4.94. The Balaban J connectivity index is 1.38. The van der Waals surface area contributed by atoms with Gasteiger partial charge in [0.1, 0.15) is 7.85 Å². The summed E-state index contributed by atoms with van der Waals surface area (Å²) in [7, 11) is 5.96. The summed E-state index contributed by atoms with van der Waals surface area (Å²) in [6.45, 7) is 1.94. The molecule has 0 saturated carbocycles. The lowest BCUT2D eigenvalue weighted by molar-refractivity contribution is -0.121. The average Bonchev–Trinajstić information content (AvgIpc) is 2.74. The van der Waals surface area contributed by atoms with Crippen LogP contribution in [0.5, 0.6) is 0 Å². The van der Waals surface area contributed by atoms with Crippen LogP contribution in [0.15, 0.2) is 76.3 Å². The third-order valence-electron chi connectivity index (χ3n) is 5.22. The van der Waals surface area contributed by atoms with Gasteiger partial charge in [-0.1, -0.05) is 69.9 Å². The van der Waals surface area contributed by atoms with E-state index in [1.807, 2.05) is 25.1 Å². The van der Waals surface area contributed by atoms with Crippen LogP contribution in [0.3, 0.4) is 0 Å². The van der Waals surface area contributed by atoms with E-state index in [9.17, 15) is 4.79 Å². The summed E-state index contributed by atoms with van der Waals surface area (Å²) in [4.78, 5) is 12.2. The lowest BCUT2D eigenvalue weighted by Gasteiger charge is -2.06. The van der Waals surface area contributed by atoms with Crippen LogP contribution in [-0.2, 0) is 11.2 Å². The minimum absolute atomic E-state index is 0.121. The van der Waals surface area contributed by atoms with E-state index >= 15 is 0 Å². The molecule has 4 aromatic rings. The summed E-state index contributed by atoms with van der Waals surface area (Å²) in [5, 5.41) is 8.89. The Morgan fingerprint density at radius 3 is 2.43 bits per heavy atom. The van der Waals surface area contributed by atoms with E-state index in [1.165, 1.54) is 21.5 Å². The number of amides is 1. The number of nitrogens with zero attached hydrogens (tertiary/aromatic N) is 1. The molecule has 5 heteroatoms. The molecule has 0 spiro atoms. The molecule has 0 saturated heterocycles. The second kappa shape index (κ2) is 8.84. The molecule has 30 heavy (non-hydrogen) atoms. The van der Waals surface area contributed by atoms with Crippen molar-refractivity contribution in [1.29, 1.82) is 0 Å². The first kappa shape index (κ1) is 20.4. The fourth-order valence-corrected chi connectivity index (χ4v) is 3.93. The number of benzene rings is 4. The van der Waals surface area contributed by atoms with Gasteiger partial charge in [-0.2, -0.15) is 5.10 Å². The first-order chi connectivity index (χ1) is 14.5. The van der Waals surface area contributed by atoms with Gasteiger partial charge in [-0.05, 0) is 69.8 Å². The molecule has 0 aliphatic carbocycles. The number of halogens is 1. The van der Waals surface area contributed by atoms with Gasteiger partial charge in [-0.15, -0.1) is 0 Å². The molecule has 1 N–H and O–H groups in total. The maximum absolute atomic E-state index is 12.2. The summed E-state index contributed by atoms with van der Waals surface area (Å²) in [6, 6.07) is 22.8. The largest absolute Gasteiger partial charge is 0.273 e. The van der Waals surface area contributed by atoms with Gasteiger partial charge in [0.2, 0.25) is 5.91 Å². The zero-order valence-corrected chi connectivity index (χ0v) is 18.2. The molecular formula is C25H20BBrN2O. The van der Waals surface area contributed by atoms with Gasteiger partial charge in [0.15, 0.2) is 0 Å². The number of hydrogen-bond donors (Lipinski definition) is 1. The van der Waals surface area contributed by atoms with Crippen LogP contribution in [0.2, 0.25) is 0 Å². The maximum atomic E-state index is 12.2. The molecule has 0 fully saturated rings. The van der Waals surface area contributed by atoms with Crippen LogP contribution < -0.4 is 10.9 Å². The molecule has 146 valence electrons. The number of hydrazone groups is 1. The van der Waals surface area contributed by atoms with E-state index in [-0.39, 0.29) is 5.91 Å². The third kappa shape index (κ3) is 4.63. The number of carbonyl (C=O) groups excluding carboxylic acids is 1. The van der Waals surface area contributed by atoms with Gasteiger partial charge in [0, 0.05) is 10.9 Å². The Hall–Kier alpha value is -2.92. The first-order valence-electron chi connectivity index (χ1n) is 9.78. The number of hydrogen-bond acceptors (Lipinski definition) is 2. The summed E-state index contributed by atoms with van der Waals surface area (Å²) in [5.74, 6) is -0.121. The van der Waals surface area contributed by atoms with Gasteiger partial charge in [-0.25, -0.2) is 5.43 Å². The zero-order chi connectivity index (χ0) is 21.1. The Morgan fingerprint density at radius 1 is 1.00 bits per heavy atom. The highest BCUT2D eigenvalue weighted by molar-refractivity contribution is 9.10. The molecule has 4 rings (SSSR count). The molecule has 0 aliphatic heterocycles. The van der Waals surface area contributed by atoms with E-state index in [2.05, 4.69) is 75.0 Å². The zero-order valence-electron chi connectivity index (χ0n) is 16.7. The lowest BCUT2D eigenvalue weighted by atomic mass is 9.90. The van der Waals surface area contributed by atoms with Crippen molar-refractivity contribution in [2.24, 2.45) is 5.10 Å². The second-order valence-electron chi connectivity index (χ2n) is 7.39. The normalized spacial score (nSPS) is 11.4. The van der Waals surface area contributed by atoms with Gasteiger partial charge in [-0.3, -0.25) is 4.79 Å². The number of carbonyl (C=O) groups is 1. The number of aryl methyl sites for hydroxylation is 1. The molecule has 0 aromatic heterocycles. The van der Waals surface area contributed by atoms with Crippen molar-refractivity contribution in [3.63, 3.8) is 0 Å². The van der Waals surface area contributed by atoms with Gasteiger partial charge in [0.05, 0.1) is 6.21 Å². The summed E-state index contributed by atoms with van der Waals surface area (Å²) in [5.41, 5.74) is 6.22. The van der Waals surface area contributed by atoms with E-state index in [4.69, 9.17) is 7.85 Å². The lowest BCUT2D eigenvalue weighted by Crippen LogP contribution is -2.18. The average molecular weight is 455 g/mol. The van der Waals surface area contributed by atoms with Crippen LogP contribution in [0.1, 0.15) is 23.1 Å². The van der Waals surface area contributed by atoms with Crippen LogP contribution in [-0.4, -0.2) is 20.0 Å². The second-order valence-corrected chi connectivity index (χ2v) is 8.25. The fraction of sp³-hybridized carbons (Fsp3) is 0.120. The van der Waals surface area contributed by atoms with Crippen molar-refractivity contribution >= 4 is 62.9 Å². The fourth-order valence-electron chi connectivity index (χ4n) is 3.43. The quantitative estimate of drug-likeness (QED) is 0.197. The van der Waals surface area contributed by atoms with Crippen molar-refractivity contribution in [2.45, 2.75) is 19.8 Å². The van der Waals surface area contributed by atoms with Crippen molar-refractivity contribution in [2.75, 3.05) is 0 Å².